The molecule has 0 atom stereocenters. The van der Waals surface area contributed by atoms with E-state index in [1.807, 2.05) is 4.90 Å². The van der Waals surface area contributed by atoms with E-state index in [2.05, 4.69) is 15.8 Å². The van der Waals surface area contributed by atoms with Gasteiger partial charge in [-0.15, -0.1) is 0 Å². The van der Waals surface area contributed by atoms with Crippen LogP contribution in [0.3, 0.4) is 0 Å². The largest absolute Gasteiger partial charge is 0.495 e. The van der Waals surface area contributed by atoms with Gasteiger partial charge < -0.3 is 14.5 Å². The molecule has 1 aromatic heterocycles. The third kappa shape index (κ3) is 5.36. The first-order valence-corrected chi connectivity index (χ1v) is 12.6. The van der Waals surface area contributed by atoms with Gasteiger partial charge in [0.1, 0.15) is 17.6 Å². The highest BCUT2D eigenvalue weighted by atomic mass is 32.2. The van der Waals surface area contributed by atoms with Crippen LogP contribution in [0.2, 0.25) is 0 Å². The SMILES string of the molecule is COc1ccccc1NS(=O)(=O)c1cccc(C(=O)N2CCCN(c3ncccc3C#N)CC2)c1. The fourth-order valence-corrected chi connectivity index (χ4v) is 5.10. The Morgan fingerprint density at radius 1 is 1.06 bits per heavy atom. The number of pyridine rings is 1. The summed E-state index contributed by atoms with van der Waals surface area (Å²) in [5.74, 6) is 0.757. The van der Waals surface area contributed by atoms with E-state index in [4.69, 9.17) is 4.74 Å². The number of para-hydroxylation sites is 2. The van der Waals surface area contributed by atoms with Crippen LogP contribution in [-0.4, -0.2) is 57.5 Å². The Labute approximate surface area is 204 Å². The summed E-state index contributed by atoms with van der Waals surface area (Å²) in [5, 5.41) is 9.38. The minimum absolute atomic E-state index is 0.0159. The molecule has 1 aliphatic heterocycles. The molecule has 10 heteroatoms. The zero-order valence-corrected chi connectivity index (χ0v) is 20.0. The van der Waals surface area contributed by atoms with Gasteiger partial charge in [-0.05, 0) is 48.9 Å². The van der Waals surface area contributed by atoms with Gasteiger partial charge in [-0.25, -0.2) is 13.4 Å². The van der Waals surface area contributed by atoms with Crippen LogP contribution < -0.4 is 14.4 Å². The van der Waals surface area contributed by atoms with Gasteiger partial charge in [-0.3, -0.25) is 9.52 Å². The minimum Gasteiger partial charge on any atom is -0.495 e. The molecule has 0 unspecified atom stereocenters. The molecule has 0 saturated carbocycles. The number of nitriles is 1. The van der Waals surface area contributed by atoms with Gasteiger partial charge in [0.15, 0.2) is 0 Å². The Hall–Kier alpha value is -4.10. The summed E-state index contributed by atoms with van der Waals surface area (Å²) in [6.07, 6.45) is 2.34. The highest BCUT2D eigenvalue weighted by Gasteiger charge is 2.24. The lowest BCUT2D eigenvalue weighted by atomic mass is 10.2. The smallest absolute Gasteiger partial charge is 0.262 e. The lowest BCUT2D eigenvalue weighted by Gasteiger charge is -2.23. The number of sulfonamides is 1. The van der Waals surface area contributed by atoms with Crippen LogP contribution >= 0.6 is 0 Å². The molecule has 0 aliphatic carbocycles. The standard InChI is InChI=1S/C25H25N5O4S/c1-34-23-11-3-2-10-22(23)28-35(32,33)21-9-4-7-19(17-21)25(31)30-14-6-13-29(15-16-30)24-20(18-26)8-5-12-27-24/h2-5,7-12,17,28H,6,13-16H2,1H3. The van der Waals surface area contributed by atoms with E-state index in [0.717, 1.165) is 0 Å². The topological polar surface area (TPSA) is 116 Å². The Balaban J connectivity index is 1.50. The molecule has 1 amide bonds. The first-order valence-electron chi connectivity index (χ1n) is 11.1. The summed E-state index contributed by atoms with van der Waals surface area (Å²) in [7, 11) is -2.48. The quantitative estimate of drug-likeness (QED) is 0.563. The van der Waals surface area contributed by atoms with Crippen molar-refractivity contribution in [2.45, 2.75) is 11.3 Å². The molecule has 0 spiro atoms. The number of benzene rings is 2. The van der Waals surface area contributed by atoms with Gasteiger partial charge in [-0.1, -0.05) is 18.2 Å². The van der Waals surface area contributed by atoms with Gasteiger partial charge >= 0.3 is 0 Å². The highest BCUT2D eigenvalue weighted by Crippen LogP contribution is 2.26. The van der Waals surface area contributed by atoms with Crippen molar-refractivity contribution >= 4 is 27.4 Å². The van der Waals surface area contributed by atoms with E-state index in [0.29, 0.717) is 55.4 Å². The molecular formula is C25H25N5O4S. The number of amides is 1. The van der Waals surface area contributed by atoms with Gasteiger partial charge in [-0.2, -0.15) is 5.26 Å². The molecule has 1 aliphatic rings. The van der Waals surface area contributed by atoms with Crippen LogP contribution in [0.5, 0.6) is 5.75 Å². The first-order chi connectivity index (χ1) is 16.9. The number of carbonyl (C=O) groups excluding carboxylic acids is 1. The van der Waals surface area contributed by atoms with E-state index in [1.165, 1.54) is 19.2 Å². The molecule has 3 aromatic rings. The van der Waals surface area contributed by atoms with Crippen molar-refractivity contribution in [1.29, 1.82) is 5.26 Å². The lowest BCUT2D eigenvalue weighted by molar-refractivity contribution is 0.0766. The Kier molecular flexibility index (Phi) is 7.17. The van der Waals surface area contributed by atoms with Crippen LogP contribution in [0.1, 0.15) is 22.3 Å². The van der Waals surface area contributed by atoms with Crippen molar-refractivity contribution in [2.75, 3.05) is 42.9 Å². The second kappa shape index (κ2) is 10.4. The zero-order chi connectivity index (χ0) is 24.8. The van der Waals surface area contributed by atoms with Crippen molar-refractivity contribution in [3.05, 3.63) is 78.0 Å². The van der Waals surface area contributed by atoms with E-state index < -0.39 is 10.0 Å². The number of anilines is 2. The summed E-state index contributed by atoms with van der Waals surface area (Å²) in [5.41, 5.74) is 1.09. The summed E-state index contributed by atoms with van der Waals surface area (Å²) in [6.45, 7) is 2.12. The van der Waals surface area contributed by atoms with E-state index in [9.17, 15) is 18.5 Å². The predicted molar refractivity (Wildman–Crippen MR) is 132 cm³/mol. The average Bonchev–Trinajstić information content (AvgIpc) is 3.15. The number of rotatable bonds is 6. The summed E-state index contributed by atoms with van der Waals surface area (Å²) < 4.78 is 33.8. The predicted octanol–water partition coefficient (Wildman–Crippen LogP) is 3.12. The number of hydrogen-bond donors (Lipinski definition) is 1. The van der Waals surface area contributed by atoms with Crippen molar-refractivity contribution in [2.24, 2.45) is 0 Å². The van der Waals surface area contributed by atoms with Crippen molar-refractivity contribution in [3.8, 4) is 11.8 Å². The van der Waals surface area contributed by atoms with Crippen molar-refractivity contribution in [3.63, 3.8) is 0 Å². The third-order valence-electron chi connectivity index (χ3n) is 5.73. The molecule has 35 heavy (non-hydrogen) atoms. The number of carbonyl (C=O) groups is 1. The van der Waals surface area contributed by atoms with Crippen molar-refractivity contribution < 1.29 is 17.9 Å². The molecule has 2 aromatic carbocycles. The third-order valence-corrected chi connectivity index (χ3v) is 7.10. The van der Waals surface area contributed by atoms with Crippen LogP contribution in [0, 0.1) is 11.3 Å². The molecule has 1 saturated heterocycles. The first kappa shape index (κ1) is 24.0. The van der Waals surface area contributed by atoms with Gasteiger partial charge in [0.25, 0.3) is 15.9 Å². The van der Waals surface area contributed by atoms with Crippen LogP contribution in [0.4, 0.5) is 11.5 Å². The lowest BCUT2D eigenvalue weighted by Crippen LogP contribution is -2.35. The maximum atomic E-state index is 13.3. The Morgan fingerprint density at radius 2 is 1.89 bits per heavy atom. The van der Waals surface area contributed by atoms with Crippen molar-refractivity contribution in [1.82, 2.24) is 9.88 Å². The van der Waals surface area contributed by atoms with Crippen LogP contribution in [0.15, 0.2) is 71.8 Å². The fourth-order valence-electron chi connectivity index (χ4n) is 3.98. The Morgan fingerprint density at radius 3 is 2.69 bits per heavy atom. The molecule has 0 radical (unpaired) electrons. The van der Waals surface area contributed by atoms with E-state index in [1.54, 1.807) is 59.6 Å². The molecule has 180 valence electrons. The molecule has 4 rings (SSSR count). The van der Waals surface area contributed by atoms with E-state index >= 15 is 0 Å². The molecular weight excluding hydrogens is 466 g/mol. The summed E-state index contributed by atoms with van der Waals surface area (Å²) in [4.78, 5) is 21.3. The fraction of sp³-hybridized carbons (Fsp3) is 0.240. The maximum absolute atomic E-state index is 13.3. The van der Waals surface area contributed by atoms with E-state index in [-0.39, 0.29) is 16.4 Å². The number of methoxy groups -OCH3 is 1. The monoisotopic (exact) mass is 491 g/mol. The number of nitrogens with zero attached hydrogens (tertiary/aromatic N) is 4. The van der Waals surface area contributed by atoms with Crippen LogP contribution in [-0.2, 0) is 10.0 Å². The molecule has 1 fully saturated rings. The summed E-state index contributed by atoms with van der Waals surface area (Å²) >= 11 is 0. The molecule has 1 N–H and O–H groups in total. The van der Waals surface area contributed by atoms with Gasteiger partial charge in [0, 0.05) is 37.9 Å². The Bertz CT molecular complexity index is 1370. The zero-order valence-electron chi connectivity index (χ0n) is 19.2. The molecule has 9 nitrogen and oxygen atoms in total. The second-order valence-corrected chi connectivity index (χ2v) is 9.64. The number of nitrogens with one attached hydrogen (secondary N) is 1. The summed E-state index contributed by atoms with van der Waals surface area (Å²) in [6, 6.07) is 18.3. The van der Waals surface area contributed by atoms with Crippen LogP contribution in [0.25, 0.3) is 0 Å². The highest BCUT2D eigenvalue weighted by molar-refractivity contribution is 7.92. The van der Waals surface area contributed by atoms with Gasteiger partial charge in [0.2, 0.25) is 0 Å². The number of ether oxygens (including phenoxy) is 1. The number of hydrogen-bond acceptors (Lipinski definition) is 7. The van der Waals surface area contributed by atoms with Gasteiger partial charge in [0.05, 0.1) is 23.3 Å². The molecule has 0 bridgehead atoms. The average molecular weight is 492 g/mol. The maximum Gasteiger partial charge on any atom is 0.262 e. The minimum atomic E-state index is -3.94. The second-order valence-electron chi connectivity index (χ2n) is 7.95. The molecule has 2 heterocycles. The normalized spacial score (nSPS) is 14.1. The number of aromatic nitrogens is 1.